The molecule has 0 spiro atoms. The van der Waals surface area contributed by atoms with Gasteiger partial charge >= 0.3 is 5.97 Å². The molecule has 2 rings (SSSR count). The van der Waals surface area contributed by atoms with E-state index in [0.29, 0.717) is 4.99 Å². The topological polar surface area (TPSA) is 57.2 Å². The first-order chi connectivity index (χ1) is 8.99. The van der Waals surface area contributed by atoms with Crippen LogP contribution in [-0.2, 0) is 16.1 Å². The van der Waals surface area contributed by atoms with Gasteiger partial charge in [0.2, 0.25) is 0 Å². The molecule has 0 aliphatic rings. The van der Waals surface area contributed by atoms with E-state index in [-0.39, 0.29) is 18.6 Å². The quantitative estimate of drug-likeness (QED) is 0.687. The van der Waals surface area contributed by atoms with Gasteiger partial charge in [-0.2, -0.15) is 0 Å². The summed E-state index contributed by atoms with van der Waals surface area (Å²) >= 11 is 5.02. The molecule has 5 heteroatoms. The number of ether oxygens (including phenoxy) is 1. The van der Waals surface area contributed by atoms with Crippen molar-refractivity contribution >= 4 is 34.1 Å². The number of nitrogens with zero attached hydrogens (tertiary/aromatic N) is 1. The fraction of sp³-hybridized carbons (Fsp3) is 0.286. The van der Waals surface area contributed by atoms with Crippen LogP contribution in [0.2, 0.25) is 0 Å². The van der Waals surface area contributed by atoms with Gasteiger partial charge in [-0.05, 0) is 26.0 Å². The second-order valence-electron chi connectivity index (χ2n) is 4.58. The lowest BCUT2D eigenvalue weighted by molar-refractivity contribution is -0.148. The summed E-state index contributed by atoms with van der Waals surface area (Å²) in [6.07, 6.45) is 1.73. The van der Waals surface area contributed by atoms with Crippen molar-refractivity contribution in [3.63, 3.8) is 0 Å². The molecule has 0 amide bonds. The lowest BCUT2D eigenvalue weighted by Crippen LogP contribution is -2.17. The molecular formula is C14H16N2O2S. The molecule has 19 heavy (non-hydrogen) atoms. The van der Waals surface area contributed by atoms with Crippen LogP contribution in [-0.4, -0.2) is 21.6 Å². The zero-order valence-corrected chi connectivity index (χ0v) is 11.7. The van der Waals surface area contributed by atoms with Crippen LogP contribution in [0.15, 0.2) is 30.5 Å². The second-order valence-corrected chi connectivity index (χ2v) is 5.02. The highest BCUT2D eigenvalue weighted by Gasteiger charge is 2.11. The summed E-state index contributed by atoms with van der Waals surface area (Å²) in [6, 6.07) is 7.59. The fourth-order valence-electron chi connectivity index (χ4n) is 2.02. The molecule has 4 nitrogen and oxygen atoms in total. The molecule has 1 aromatic heterocycles. The molecule has 0 bridgehead atoms. The first-order valence-corrected chi connectivity index (χ1v) is 6.47. The highest BCUT2D eigenvalue weighted by Crippen LogP contribution is 2.20. The minimum Gasteiger partial charge on any atom is -0.462 e. The second kappa shape index (κ2) is 5.40. The third kappa shape index (κ3) is 2.93. The molecule has 0 aliphatic carbocycles. The van der Waals surface area contributed by atoms with E-state index in [1.165, 1.54) is 0 Å². The molecule has 0 unspecified atom stereocenters. The Kier molecular flexibility index (Phi) is 3.85. The van der Waals surface area contributed by atoms with Crippen molar-refractivity contribution in [1.29, 1.82) is 0 Å². The van der Waals surface area contributed by atoms with Crippen molar-refractivity contribution in [2.24, 2.45) is 5.73 Å². The minimum absolute atomic E-state index is 0.110. The van der Waals surface area contributed by atoms with Gasteiger partial charge < -0.3 is 15.0 Å². The smallest absolute Gasteiger partial charge is 0.326 e. The number of rotatable bonds is 4. The Morgan fingerprint density at radius 3 is 2.79 bits per heavy atom. The largest absolute Gasteiger partial charge is 0.462 e. The fourth-order valence-corrected chi connectivity index (χ4v) is 2.19. The summed E-state index contributed by atoms with van der Waals surface area (Å²) in [4.78, 5) is 12.0. The van der Waals surface area contributed by atoms with Crippen LogP contribution < -0.4 is 5.73 Å². The number of aromatic nitrogens is 1. The van der Waals surface area contributed by atoms with Gasteiger partial charge in [0.15, 0.2) is 0 Å². The summed E-state index contributed by atoms with van der Waals surface area (Å²) in [7, 11) is 0. The first kappa shape index (κ1) is 13.5. The van der Waals surface area contributed by atoms with Crippen molar-refractivity contribution in [2.75, 3.05) is 0 Å². The number of hydrogen-bond acceptors (Lipinski definition) is 3. The minimum atomic E-state index is -0.256. The molecule has 0 atom stereocenters. The summed E-state index contributed by atoms with van der Waals surface area (Å²) in [5.41, 5.74) is 7.43. The average molecular weight is 276 g/mol. The Hall–Kier alpha value is -1.88. The van der Waals surface area contributed by atoms with E-state index < -0.39 is 0 Å². The number of carbonyl (C=O) groups is 1. The molecule has 0 saturated carbocycles. The van der Waals surface area contributed by atoms with E-state index in [0.717, 1.165) is 16.5 Å². The van der Waals surface area contributed by atoms with Gasteiger partial charge in [0.05, 0.1) is 6.10 Å². The summed E-state index contributed by atoms with van der Waals surface area (Å²) in [5.74, 6) is -0.256. The third-order valence-electron chi connectivity index (χ3n) is 2.75. The van der Waals surface area contributed by atoms with Gasteiger partial charge in [0.25, 0.3) is 0 Å². The number of benzene rings is 1. The molecule has 1 heterocycles. The normalized spacial score (nSPS) is 10.9. The summed E-state index contributed by atoms with van der Waals surface area (Å²) in [5, 5.41) is 0.951. The maximum atomic E-state index is 11.7. The Balaban J connectivity index is 2.33. The van der Waals surface area contributed by atoms with Crippen LogP contribution in [0.25, 0.3) is 10.9 Å². The Morgan fingerprint density at radius 2 is 2.16 bits per heavy atom. The number of fused-ring (bicyclic) bond motifs is 1. The monoisotopic (exact) mass is 276 g/mol. The van der Waals surface area contributed by atoms with Gasteiger partial charge in [-0.3, -0.25) is 4.79 Å². The molecule has 0 fully saturated rings. The molecule has 0 radical (unpaired) electrons. The Labute approximate surface area is 117 Å². The van der Waals surface area contributed by atoms with E-state index in [2.05, 4.69) is 0 Å². The number of esters is 1. The van der Waals surface area contributed by atoms with Crippen molar-refractivity contribution in [1.82, 2.24) is 4.57 Å². The standard InChI is InChI=1S/C14H16N2O2S/c1-9(2)18-13(17)8-16-7-6-10-11(14(15)19)4-3-5-12(10)16/h3-7,9H,8H2,1-2H3,(H2,15,19). The van der Waals surface area contributed by atoms with Gasteiger partial charge in [0.1, 0.15) is 11.5 Å². The first-order valence-electron chi connectivity index (χ1n) is 6.06. The molecule has 0 aliphatic heterocycles. The van der Waals surface area contributed by atoms with Crippen molar-refractivity contribution in [3.8, 4) is 0 Å². The van der Waals surface area contributed by atoms with Gasteiger partial charge in [-0.25, -0.2) is 0 Å². The van der Waals surface area contributed by atoms with Crippen molar-refractivity contribution < 1.29 is 9.53 Å². The zero-order chi connectivity index (χ0) is 14.0. The molecule has 100 valence electrons. The average Bonchev–Trinajstić information content (AvgIpc) is 2.71. The Morgan fingerprint density at radius 1 is 1.42 bits per heavy atom. The SMILES string of the molecule is CC(C)OC(=O)Cn1ccc2c(C(N)=S)cccc21. The maximum absolute atomic E-state index is 11.7. The zero-order valence-electron chi connectivity index (χ0n) is 10.9. The predicted octanol–water partition coefficient (Wildman–Crippen LogP) is 2.23. The number of thiocarbonyl (C=S) groups is 1. The van der Waals surface area contributed by atoms with Crippen LogP contribution in [0.3, 0.4) is 0 Å². The Bertz CT molecular complexity index is 631. The van der Waals surface area contributed by atoms with Gasteiger partial charge in [-0.1, -0.05) is 24.4 Å². The van der Waals surface area contributed by atoms with Crippen LogP contribution >= 0.6 is 12.2 Å². The van der Waals surface area contributed by atoms with E-state index >= 15 is 0 Å². The number of carbonyl (C=O) groups excluding carboxylic acids is 1. The molecule has 2 aromatic rings. The number of nitrogens with two attached hydrogens (primary N) is 1. The van der Waals surface area contributed by atoms with Gasteiger partial charge in [0, 0.05) is 22.7 Å². The number of hydrogen-bond donors (Lipinski definition) is 1. The molecular weight excluding hydrogens is 260 g/mol. The van der Waals surface area contributed by atoms with Crippen LogP contribution in [0.5, 0.6) is 0 Å². The lowest BCUT2D eigenvalue weighted by Gasteiger charge is -2.09. The van der Waals surface area contributed by atoms with Crippen LogP contribution in [0.4, 0.5) is 0 Å². The molecule has 2 N–H and O–H groups in total. The van der Waals surface area contributed by atoms with Crippen LogP contribution in [0.1, 0.15) is 19.4 Å². The van der Waals surface area contributed by atoms with E-state index in [9.17, 15) is 4.79 Å². The van der Waals surface area contributed by atoms with E-state index in [4.69, 9.17) is 22.7 Å². The van der Waals surface area contributed by atoms with Crippen molar-refractivity contribution in [3.05, 3.63) is 36.0 Å². The highest BCUT2D eigenvalue weighted by molar-refractivity contribution is 7.80. The highest BCUT2D eigenvalue weighted by atomic mass is 32.1. The lowest BCUT2D eigenvalue weighted by atomic mass is 10.1. The molecule has 0 saturated heterocycles. The summed E-state index contributed by atoms with van der Waals surface area (Å²) in [6.45, 7) is 3.84. The van der Waals surface area contributed by atoms with E-state index in [1.807, 2.05) is 48.9 Å². The van der Waals surface area contributed by atoms with Gasteiger partial charge in [-0.15, -0.1) is 0 Å². The maximum Gasteiger partial charge on any atom is 0.326 e. The summed E-state index contributed by atoms with van der Waals surface area (Å²) < 4.78 is 6.98. The third-order valence-corrected chi connectivity index (χ3v) is 2.97. The molecule has 1 aromatic carbocycles. The van der Waals surface area contributed by atoms with Crippen molar-refractivity contribution in [2.45, 2.75) is 26.5 Å². The predicted molar refractivity (Wildman–Crippen MR) is 79.1 cm³/mol. The van der Waals surface area contributed by atoms with E-state index in [1.54, 1.807) is 0 Å². The van der Waals surface area contributed by atoms with Crippen LogP contribution in [0, 0.1) is 0 Å².